The maximum atomic E-state index is 9.24. The van der Waals surface area contributed by atoms with E-state index < -0.39 is 13.2 Å². The van der Waals surface area contributed by atoms with Crippen molar-refractivity contribution < 1.29 is 9.90 Å². The summed E-state index contributed by atoms with van der Waals surface area (Å²) in [6.45, 7) is 9.14. The molecule has 3 N–H and O–H groups in total. The first-order valence-electron chi connectivity index (χ1n) is 17.4. The Hall–Kier alpha value is -0.140. The number of hydrogen-bond donors (Lipinski definition) is 2. The Balaban J connectivity index is 0. The third-order valence-electron chi connectivity index (χ3n) is 8.42. The third-order valence-corrected chi connectivity index (χ3v) is 14.1. The smallest absolute Gasteiger partial charge is 0.317 e. The van der Waals surface area contributed by atoms with Crippen LogP contribution in [0.15, 0.2) is 0 Å². The van der Waals surface area contributed by atoms with Gasteiger partial charge in [0.25, 0.3) is 0 Å². The van der Waals surface area contributed by atoms with Crippen molar-refractivity contribution in [3.8, 4) is 0 Å². The van der Waals surface area contributed by atoms with Crippen LogP contribution >= 0.6 is 7.26 Å². The molecule has 0 heterocycles. The topological polar surface area (TPSA) is 63.3 Å². The number of rotatable bonds is 29. The quantitative estimate of drug-likeness (QED) is 0.0707. The van der Waals surface area contributed by atoms with Gasteiger partial charge in [-0.3, -0.25) is 4.79 Å². The van der Waals surface area contributed by atoms with Crippen molar-refractivity contribution in [3.63, 3.8) is 0 Å². The van der Waals surface area contributed by atoms with Crippen LogP contribution in [0.3, 0.4) is 0 Å². The van der Waals surface area contributed by atoms with Gasteiger partial charge in [-0.1, -0.05) is 13.3 Å². The van der Waals surface area contributed by atoms with Gasteiger partial charge in [-0.05, 0) is 0 Å². The summed E-state index contributed by atoms with van der Waals surface area (Å²) in [7, 11) is -1.04. The Morgan fingerprint density at radius 2 is 0.632 bits per heavy atom. The second kappa shape index (κ2) is 33.1. The molecule has 38 heavy (non-hydrogen) atoms. The van der Waals surface area contributed by atoms with Gasteiger partial charge >= 0.3 is 206 Å². The molecular formula is C34H74NO2P. The molecule has 0 radical (unpaired) electrons. The average molecular weight is 560 g/mol. The Bertz CT molecular complexity index is 426. The summed E-state index contributed by atoms with van der Waals surface area (Å²) in [6.07, 6.45) is 42.3. The molecule has 232 valence electrons. The number of carbonyl (C=O) groups is 1. The van der Waals surface area contributed by atoms with Gasteiger partial charge in [0.15, 0.2) is 0 Å². The number of hydrogen-bond acceptors (Lipinski definition) is 2. The molecule has 0 bridgehead atoms. The van der Waals surface area contributed by atoms with Crippen LogP contribution in [0.2, 0.25) is 0 Å². The number of aliphatic carboxylic acids is 1. The van der Waals surface area contributed by atoms with Crippen molar-refractivity contribution in [2.45, 2.75) is 182 Å². The maximum Gasteiger partial charge on any atom is 0.317 e. The number of carboxylic acids is 1. The minimum Gasteiger partial charge on any atom is -0.480 e. The standard InChI is InChI=1S/C32H69P.C2H5NO2/c1-5-9-13-17-18-19-20-21-22-23-24-28-32-33(29-25-14-10-6-2,30-26-15-11-7-3)31-27-16-12-8-4;3-1-2(4)5/h33H,5-32H2,1-4H3;1,3H2,(H,4,5). The molecule has 0 amide bonds. The Morgan fingerprint density at radius 3 is 0.842 bits per heavy atom. The molecule has 0 aromatic heterocycles. The monoisotopic (exact) mass is 560 g/mol. The molecule has 0 saturated heterocycles. The van der Waals surface area contributed by atoms with Crippen LogP contribution in [0, 0.1) is 0 Å². The molecule has 0 rings (SSSR count). The zero-order valence-corrected chi connectivity index (χ0v) is 27.9. The molecule has 0 atom stereocenters. The van der Waals surface area contributed by atoms with Crippen molar-refractivity contribution >= 4 is 13.2 Å². The first-order valence-corrected chi connectivity index (χ1v) is 20.3. The molecule has 0 aliphatic heterocycles. The molecule has 0 saturated carbocycles. The molecule has 3 nitrogen and oxygen atoms in total. The maximum absolute atomic E-state index is 9.24. The minimum atomic E-state index is -1.04. The van der Waals surface area contributed by atoms with Crippen LogP contribution < -0.4 is 5.73 Å². The first-order chi connectivity index (χ1) is 18.5. The van der Waals surface area contributed by atoms with Crippen LogP contribution in [-0.2, 0) is 4.79 Å². The normalized spacial score (nSPS) is 11.8. The van der Waals surface area contributed by atoms with E-state index in [0.717, 1.165) is 0 Å². The second-order valence-corrected chi connectivity index (χ2v) is 17.2. The zero-order chi connectivity index (χ0) is 28.6. The van der Waals surface area contributed by atoms with Crippen LogP contribution in [0.1, 0.15) is 182 Å². The van der Waals surface area contributed by atoms with E-state index in [1.54, 1.807) is 50.3 Å². The van der Waals surface area contributed by atoms with Crippen molar-refractivity contribution in [3.05, 3.63) is 0 Å². The van der Waals surface area contributed by atoms with Crippen LogP contribution in [-0.4, -0.2) is 42.3 Å². The predicted octanol–water partition coefficient (Wildman–Crippen LogP) is 11.2. The molecule has 0 aliphatic rings. The minimum absolute atomic E-state index is 0.278. The van der Waals surface area contributed by atoms with Gasteiger partial charge in [0.2, 0.25) is 0 Å². The van der Waals surface area contributed by atoms with Crippen molar-refractivity contribution in [2.24, 2.45) is 5.73 Å². The largest absolute Gasteiger partial charge is 0.480 e. The van der Waals surface area contributed by atoms with E-state index in [9.17, 15) is 4.79 Å². The van der Waals surface area contributed by atoms with E-state index in [-0.39, 0.29) is 6.54 Å². The van der Waals surface area contributed by atoms with E-state index in [2.05, 4.69) is 33.4 Å². The summed E-state index contributed by atoms with van der Waals surface area (Å²) in [5.74, 6) is -0.968. The van der Waals surface area contributed by atoms with E-state index in [0.29, 0.717) is 0 Å². The van der Waals surface area contributed by atoms with Gasteiger partial charge in [-0.2, -0.15) is 0 Å². The summed E-state index contributed by atoms with van der Waals surface area (Å²) >= 11 is 0. The zero-order valence-electron chi connectivity index (χ0n) is 26.9. The summed E-state index contributed by atoms with van der Waals surface area (Å²) < 4.78 is 0. The SMILES string of the molecule is CCCCCCCCCCCCCC[PH](CCCCCC)(CCCCCC)CCCCCC.NCC(=O)O. The Labute approximate surface area is 241 Å². The van der Waals surface area contributed by atoms with Crippen LogP contribution in [0.5, 0.6) is 0 Å². The van der Waals surface area contributed by atoms with Gasteiger partial charge in [0.1, 0.15) is 0 Å². The molecule has 0 fully saturated rings. The molecule has 0 spiro atoms. The van der Waals surface area contributed by atoms with Crippen molar-refractivity contribution in [1.82, 2.24) is 0 Å². The Morgan fingerprint density at radius 1 is 0.447 bits per heavy atom. The van der Waals surface area contributed by atoms with Crippen molar-refractivity contribution in [1.29, 1.82) is 0 Å². The fraction of sp³-hybridized carbons (Fsp3) is 0.971. The third kappa shape index (κ3) is 30.4. The Kier molecular flexibility index (Phi) is 34.8. The molecule has 0 aliphatic carbocycles. The number of carboxylic acid groups (broad SMARTS) is 1. The molecule has 0 aromatic carbocycles. The summed E-state index contributed by atoms with van der Waals surface area (Å²) in [6, 6.07) is 0. The molecular weight excluding hydrogens is 485 g/mol. The second-order valence-electron chi connectivity index (χ2n) is 12.2. The molecule has 4 heteroatoms. The summed E-state index contributed by atoms with van der Waals surface area (Å²) in [5, 5.41) is 7.60. The van der Waals surface area contributed by atoms with Gasteiger partial charge in [-0.25, -0.2) is 0 Å². The summed E-state index contributed by atoms with van der Waals surface area (Å²) in [4.78, 5) is 9.24. The fourth-order valence-corrected chi connectivity index (χ4v) is 11.4. The summed E-state index contributed by atoms with van der Waals surface area (Å²) in [5.41, 5.74) is 4.57. The molecule has 0 unspecified atom stereocenters. The van der Waals surface area contributed by atoms with Crippen molar-refractivity contribution in [2.75, 3.05) is 31.2 Å². The first kappa shape index (κ1) is 40.0. The van der Waals surface area contributed by atoms with Gasteiger partial charge < -0.3 is 10.8 Å². The van der Waals surface area contributed by atoms with Gasteiger partial charge in [-0.15, -0.1) is 0 Å². The van der Waals surface area contributed by atoms with E-state index in [4.69, 9.17) is 5.11 Å². The van der Waals surface area contributed by atoms with Gasteiger partial charge in [0, 0.05) is 0 Å². The molecule has 0 aromatic rings. The predicted molar refractivity (Wildman–Crippen MR) is 178 cm³/mol. The van der Waals surface area contributed by atoms with Crippen LogP contribution in [0.25, 0.3) is 0 Å². The number of unbranched alkanes of at least 4 members (excludes halogenated alkanes) is 20. The fourth-order valence-electron chi connectivity index (χ4n) is 5.87. The van der Waals surface area contributed by atoms with Gasteiger partial charge in [0.05, 0.1) is 6.54 Å². The van der Waals surface area contributed by atoms with E-state index in [1.807, 2.05) is 0 Å². The van der Waals surface area contributed by atoms with E-state index in [1.165, 1.54) is 128 Å². The van der Waals surface area contributed by atoms with E-state index >= 15 is 0 Å². The number of nitrogens with two attached hydrogens (primary N) is 1. The average Bonchev–Trinajstić information content (AvgIpc) is 2.92. The van der Waals surface area contributed by atoms with Crippen LogP contribution in [0.4, 0.5) is 0 Å².